The number of hydrogen-bond donors (Lipinski definition) is 1. The molecule has 3 heteroatoms. The van der Waals surface area contributed by atoms with Crippen LogP contribution in [-0.4, -0.2) is 15.8 Å². The van der Waals surface area contributed by atoms with Gasteiger partial charge in [-0.2, -0.15) is 0 Å². The summed E-state index contributed by atoms with van der Waals surface area (Å²) >= 11 is 0.0128. The first-order chi connectivity index (χ1) is 4.47. The Kier molecular flexibility index (Phi) is 1.13. The molecule has 1 aromatic rings. The van der Waals surface area contributed by atoms with Crippen LogP contribution < -0.4 is 4.23 Å². The standard InChI is InChI=1S/C6H5AsN2/c1-2-4-6-5(3-1)8-7-9-6/h1-4H,(H,8,9). The van der Waals surface area contributed by atoms with Crippen molar-refractivity contribution >= 4 is 27.2 Å². The van der Waals surface area contributed by atoms with E-state index in [-0.39, 0.29) is 15.8 Å². The predicted octanol–water partition coefficient (Wildman–Crippen LogP) is 1.55. The first kappa shape index (κ1) is 5.19. The normalized spacial score (nSPS) is 14.7. The van der Waals surface area contributed by atoms with Crippen molar-refractivity contribution in [3.8, 4) is 0 Å². The van der Waals surface area contributed by atoms with Crippen molar-refractivity contribution in [1.82, 2.24) is 0 Å². The number of nitrogens with zero attached hydrogens (tertiary/aromatic N) is 1. The molecule has 1 heterocycles. The van der Waals surface area contributed by atoms with Crippen LogP contribution in [0.5, 0.6) is 0 Å². The van der Waals surface area contributed by atoms with Gasteiger partial charge >= 0.3 is 59.5 Å². The first-order valence-corrected chi connectivity index (χ1v) is 4.50. The molecule has 9 heavy (non-hydrogen) atoms. The number of nitrogens with one attached hydrogen (secondary N) is 1. The van der Waals surface area contributed by atoms with Crippen molar-refractivity contribution in [2.75, 3.05) is 4.23 Å². The average molecular weight is 180 g/mol. The Morgan fingerprint density at radius 2 is 2.22 bits per heavy atom. The zero-order valence-corrected chi connectivity index (χ0v) is 6.58. The molecule has 1 aliphatic rings. The molecule has 2 rings (SSSR count). The molecule has 0 amide bonds. The summed E-state index contributed by atoms with van der Waals surface area (Å²) in [6.07, 6.45) is 0. The van der Waals surface area contributed by atoms with Crippen LogP contribution in [0.4, 0.5) is 11.4 Å². The van der Waals surface area contributed by atoms with Gasteiger partial charge in [0, 0.05) is 0 Å². The molecule has 0 aliphatic carbocycles. The third kappa shape index (κ3) is 0.796. The fourth-order valence-electron chi connectivity index (χ4n) is 0.788. The van der Waals surface area contributed by atoms with Crippen molar-refractivity contribution in [1.29, 1.82) is 0 Å². The summed E-state index contributed by atoms with van der Waals surface area (Å²) in [5.74, 6) is 0. The van der Waals surface area contributed by atoms with Gasteiger partial charge in [0.1, 0.15) is 0 Å². The Hall–Kier alpha value is -0.622. The van der Waals surface area contributed by atoms with Crippen LogP contribution in [0.25, 0.3) is 0 Å². The van der Waals surface area contributed by atoms with Crippen molar-refractivity contribution in [3.63, 3.8) is 0 Å². The molecule has 1 aromatic carbocycles. The summed E-state index contributed by atoms with van der Waals surface area (Å²) in [5, 5.41) is 0. The van der Waals surface area contributed by atoms with Crippen molar-refractivity contribution in [3.05, 3.63) is 24.3 Å². The second-order valence-corrected chi connectivity index (χ2v) is 3.14. The number of rotatable bonds is 0. The van der Waals surface area contributed by atoms with Gasteiger partial charge in [-0.25, -0.2) is 0 Å². The Morgan fingerprint density at radius 1 is 1.33 bits per heavy atom. The zero-order chi connectivity index (χ0) is 6.10. The number of hydrogen-bond acceptors (Lipinski definition) is 2. The summed E-state index contributed by atoms with van der Waals surface area (Å²) in [5.41, 5.74) is 2.31. The molecule has 1 aliphatic heterocycles. The second kappa shape index (κ2) is 1.96. The van der Waals surface area contributed by atoms with Crippen LogP contribution >= 0.6 is 0 Å². The van der Waals surface area contributed by atoms with Gasteiger partial charge in [-0.05, 0) is 0 Å². The molecule has 0 radical (unpaired) electrons. The number of anilines is 1. The maximum atomic E-state index is 4.28. The number of para-hydroxylation sites is 1. The van der Waals surface area contributed by atoms with Crippen molar-refractivity contribution in [2.45, 2.75) is 0 Å². The fourth-order valence-corrected chi connectivity index (χ4v) is 2.11. The third-order valence-corrected chi connectivity index (χ3v) is 2.61. The molecule has 0 unspecified atom stereocenters. The van der Waals surface area contributed by atoms with Crippen LogP contribution in [0.1, 0.15) is 0 Å². The van der Waals surface area contributed by atoms with E-state index in [9.17, 15) is 0 Å². The van der Waals surface area contributed by atoms with Crippen LogP contribution in [0, 0.1) is 0 Å². The molecule has 0 saturated carbocycles. The number of benzene rings is 1. The van der Waals surface area contributed by atoms with Crippen molar-refractivity contribution < 1.29 is 0 Å². The summed E-state index contributed by atoms with van der Waals surface area (Å²) in [6.45, 7) is 0. The Labute approximate surface area is 60.0 Å². The summed E-state index contributed by atoms with van der Waals surface area (Å²) < 4.78 is 7.51. The molecular formula is C6H5AsN2. The third-order valence-electron chi connectivity index (χ3n) is 1.23. The van der Waals surface area contributed by atoms with Crippen LogP contribution in [0.3, 0.4) is 0 Å². The molecule has 0 fully saturated rings. The number of fused-ring (bicyclic) bond motifs is 1. The predicted molar refractivity (Wildman–Crippen MR) is 37.9 cm³/mol. The fraction of sp³-hybridized carbons (Fsp3) is 0. The van der Waals surface area contributed by atoms with Gasteiger partial charge in [0.05, 0.1) is 0 Å². The summed E-state index contributed by atoms with van der Waals surface area (Å²) in [6, 6.07) is 8.12. The zero-order valence-electron chi connectivity index (χ0n) is 4.70. The Balaban J connectivity index is 2.63. The molecule has 0 saturated heterocycles. The molecule has 0 atom stereocenters. The van der Waals surface area contributed by atoms with Gasteiger partial charge in [-0.3, -0.25) is 0 Å². The molecule has 2 nitrogen and oxygen atoms in total. The molecule has 0 bridgehead atoms. The van der Waals surface area contributed by atoms with Gasteiger partial charge in [0.2, 0.25) is 0 Å². The molecule has 0 spiro atoms. The monoisotopic (exact) mass is 180 g/mol. The minimum absolute atomic E-state index is 0.0128. The topological polar surface area (TPSA) is 24.4 Å². The second-order valence-electron chi connectivity index (χ2n) is 1.83. The van der Waals surface area contributed by atoms with Gasteiger partial charge < -0.3 is 0 Å². The minimum atomic E-state index is 0.0128. The van der Waals surface area contributed by atoms with E-state index in [2.05, 4.69) is 14.2 Å². The van der Waals surface area contributed by atoms with E-state index >= 15 is 0 Å². The average Bonchev–Trinajstić information content (AvgIpc) is 2.33. The van der Waals surface area contributed by atoms with E-state index in [4.69, 9.17) is 0 Å². The van der Waals surface area contributed by atoms with E-state index in [1.54, 1.807) is 0 Å². The summed E-state index contributed by atoms with van der Waals surface area (Å²) in [7, 11) is 0. The maximum absolute atomic E-state index is 4.28. The van der Waals surface area contributed by atoms with E-state index in [1.807, 2.05) is 18.2 Å². The van der Waals surface area contributed by atoms with E-state index in [1.165, 1.54) is 5.69 Å². The van der Waals surface area contributed by atoms with Gasteiger partial charge in [0.15, 0.2) is 0 Å². The van der Waals surface area contributed by atoms with Crippen LogP contribution in [-0.2, 0) is 0 Å². The van der Waals surface area contributed by atoms with E-state index in [0.717, 1.165) is 5.69 Å². The Morgan fingerprint density at radius 3 is 3.11 bits per heavy atom. The Bertz CT molecular complexity index is 257. The van der Waals surface area contributed by atoms with Gasteiger partial charge in [-0.15, -0.1) is 0 Å². The van der Waals surface area contributed by atoms with Crippen molar-refractivity contribution in [2.24, 2.45) is 3.86 Å². The quantitative estimate of drug-likeness (QED) is 0.601. The van der Waals surface area contributed by atoms with Gasteiger partial charge in [-0.1, -0.05) is 0 Å². The molecule has 0 aromatic heterocycles. The molecular weight excluding hydrogens is 175 g/mol. The van der Waals surface area contributed by atoms with Gasteiger partial charge in [0.25, 0.3) is 0 Å². The van der Waals surface area contributed by atoms with Crippen LogP contribution in [0.15, 0.2) is 28.1 Å². The van der Waals surface area contributed by atoms with E-state index in [0.29, 0.717) is 0 Å². The first-order valence-electron chi connectivity index (χ1n) is 2.72. The van der Waals surface area contributed by atoms with E-state index < -0.39 is 0 Å². The molecule has 44 valence electrons. The SMILES string of the molecule is c1ccc2c(c1)N=[As]N2. The molecule has 1 N–H and O–H groups in total. The van der Waals surface area contributed by atoms with Crippen LogP contribution in [0.2, 0.25) is 0 Å². The summed E-state index contributed by atoms with van der Waals surface area (Å²) in [4.78, 5) is 0.